The highest BCUT2D eigenvalue weighted by molar-refractivity contribution is 5.89. The molecule has 10 rings (SSSR count). The lowest BCUT2D eigenvalue weighted by molar-refractivity contribution is 0.0587. The van der Waals surface area contributed by atoms with E-state index < -0.39 is 101 Å². The molecule has 5 aliphatic carbocycles. The van der Waals surface area contributed by atoms with Crippen LogP contribution in [0.2, 0.25) is 0 Å². The fourth-order valence-corrected chi connectivity index (χ4v) is 6.61. The van der Waals surface area contributed by atoms with Gasteiger partial charge in [-0.25, -0.2) is 45.9 Å². The minimum atomic E-state index is -1.28. The minimum Gasteiger partial charge on any atom is -0.477 e. The van der Waals surface area contributed by atoms with Crippen LogP contribution in [0.15, 0.2) is 120 Å². The zero-order valence-electron chi connectivity index (χ0n) is 42.4. The van der Waals surface area contributed by atoms with Gasteiger partial charge in [-0.3, -0.25) is 24.5 Å². The summed E-state index contributed by atoms with van der Waals surface area (Å²) in [7, 11) is 2.41. The van der Waals surface area contributed by atoms with Gasteiger partial charge in [0.15, 0.2) is 0 Å². The SMILES string of the molecule is CC(C)(C)OC(=O)Nc1cccn([C@@H]2CC2F)c1=O.COC(=O)c1cccn([C@@H]2CC2F)c1=O.COC(=O)c1cccoc1=O.Cl.Cl.N[C@@H]1CC1F.Nc1cccn([C@@H]2CC2F)c1=O.O=C(O)c1cccn([C@@H]2CC2F)c1=O. The largest absolute Gasteiger partial charge is 0.477 e. The Morgan fingerprint density at radius 3 is 1.33 bits per heavy atom. The predicted octanol–water partition coefficient (Wildman–Crippen LogP) is 6.26. The number of methoxy groups -OCH3 is 2. The van der Waals surface area contributed by atoms with Crippen molar-refractivity contribution < 1.29 is 64.9 Å². The van der Waals surface area contributed by atoms with Crippen molar-refractivity contribution in [3.8, 4) is 0 Å². The fraction of sp³-hybridized carbons (Fsp3) is 0.420. The van der Waals surface area contributed by atoms with E-state index in [2.05, 4.69) is 19.2 Å². The zero-order chi connectivity index (χ0) is 56.3. The van der Waals surface area contributed by atoms with Crippen molar-refractivity contribution in [2.45, 2.75) is 120 Å². The molecule has 0 spiro atoms. The summed E-state index contributed by atoms with van der Waals surface area (Å²) >= 11 is 0. The van der Waals surface area contributed by atoms with E-state index in [4.69, 9.17) is 21.3 Å². The molecule has 21 nitrogen and oxygen atoms in total. The lowest BCUT2D eigenvalue weighted by Crippen LogP contribution is -2.30. The summed E-state index contributed by atoms with van der Waals surface area (Å²) in [6.45, 7) is 5.19. The van der Waals surface area contributed by atoms with E-state index >= 15 is 0 Å². The van der Waals surface area contributed by atoms with Crippen LogP contribution >= 0.6 is 24.8 Å². The Hall–Kier alpha value is -7.58. The molecule has 0 aromatic carbocycles. The lowest BCUT2D eigenvalue weighted by Gasteiger charge is -2.19. The van der Waals surface area contributed by atoms with Crippen LogP contribution < -0.4 is 44.6 Å². The first-order chi connectivity index (χ1) is 35.8. The Kier molecular flexibility index (Phi) is 23.4. The number of nitrogen functional groups attached to an aromatic ring is 1. The molecule has 5 aromatic rings. The number of aromatic carboxylic acids is 1. The third-order valence-corrected chi connectivity index (χ3v) is 11.3. The number of rotatable bonds is 8. The monoisotopic (exact) mass is 1150 g/mol. The minimum absolute atomic E-state index is 0. The third-order valence-electron chi connectivity index (χ3n) is 11.3. The molecule has 0 radical (unpaired) electrons. The van der Waals surface area contributed by atoms with Gasteiger partial charge in [0.1, 0.15) is 58.8 Å². The van der Waals surface area contributed by atoms with Crippen molar-refractivity contribution in [1.29, 1.82) is 0 Å². The van der Waals surface area contributed by atoms with Crippen LogP contribution in [-0.4, -0.2) is 104 Å². The number of carbonyl (C=O) groups is 4. The van der Waals surface area contributed by atoms with E-state index in [1.165, 1.54) is 95.2 Å². The van der Waals surface area contributed by atoms with E-state index in [-0.39, 0.29) is 70.5 Å². The molecule has 0 aliphatic heterocycles. The topological polar surface area (TPSA) is 298 Å². The highest BCUT2D eigenvalue weighted by atomic mass is 35.5. The Morgan fingerprint density at radius 2 is 0.949 bits per heavy atom. The highest BCUT2D eigenvalue weighted by Gasteiger charge is 2.42. The maximum atomic E-state index is 13.0. The first-order valence-electron chi connectivity index (χ1n) is 23.3. The molecule has 5 heterocycles. The molecule has 5 aliphatic rings. The van der Waals surface area contributed by atoms with Crippen LogP contribution in [0.3, 0.4) is 0 Å². The zero-order valence-corrected chi connectivity index (χ0v) is 44.0. The summed E-state index contributed by atoms with van der Waals surface area (Å²) in [6.07, 6.45) is 3.98. The molecule has 5 aromatic heterocycles. The number of esters is 2. The first kappa shape index (κ1) is 64.7. The maximum absolute atomic E-state index is 13.0. The summed E-state index contributed by atoms with van der Waals surface area (Å²) in [5.74, 6) is -2.65. The number of ether oxygens (including phenoxy) is 3. The van der Waals surface area contributed by atoms with E-state index in [0.29, 0.717) is 32.1 Å². The van der Waals surface area contributed by atoms with E-state index in [0.717, 1.165) is 4.57 Å². The first-order valence-corrected chi connectivity index (χ1v) is 23.3. The number of carbonyl (C=O) groups excluding carboxylic acids is 3. The van der Waals surface area contributed by atoms with Crippen LogP contribution in [-0.2, 0) is 14.2 Å². The molecule has 6 N–H and O–H groups in total. The third kappa shape index (κ3) is 18.3. The Labute approximate surface area is 452 Å². The second-order valence-electron chi connectivity index (χ2n) is 18.5. The van der Waals surface area contributed by atoms with Gasteiger partial charge in [-0.2, -0.15) is 0 Å². The van der Waals surface area contributed by atoms with Gasteiger partial charge in [-0.15, -0.1) is 24.8 Å². The summed E-state index contributed by atoms with van der Waals surface area (Å²) in [6, 6.07) is 12.9. The molecule has 1 amide bonds. The van der Waals surface area contributed by atoms with Crippen molar-refractivity contribution in [2.75, 3.05) is 25.3 Å². The van der Waals surface area contributed by atoms with Crippen molar-refractivity contribution in [2.24, 2.45) is 5.73 Å². The van der Waals surface area contributed by atoms with Gasteiger partial charge in [-0.05, 0) is 87.9 Å². The van der Waals surface area contributed by atoms with E-state index in [9.17, 15) is 65.1 Å². The lowest BCUT2D eigenvalue weighted by atomic mass is 10.2. The average Bonchev–Trinajstić information content (AvgIpc) is 4.08. The van der Waals surface area contributed by atoms with Crippen LogP contribution in [0.4, 0.5) is 38.1 Å². The van der Waals surface area contributed by atoms with Gasteiger partial charge in [0, 0.05) is 56.5 Å². The molecule has 28 heteroatoms. The molecular formula is C50H58Cl2F5N7O14. The normalized spacial score (nSPS) is 22.9. The number of carboxylic acid groups (broad SMARTS) is 1. The number of amides is 1. The molecule has 10 atom stereocenters. The second-order valence-corrected chi connectivity index (χ2v) is 18.5. The molecule has 0 saturated heterocycles. The molecule has 5 saturated carbocycles. The molecule has 5 unspecified atom stereocenters. The van der Waals surface area contributed by atoms with Crippen molar-refractivity contribution in [3.63, 3.8) is 0 Å². The van der Waals surface area contributed by atoms with E-state index in [1.54, 1.807) is 45.2 Å². The molecule has 0 bridgehead atoms. The van der Waals surface area contributed by atoms with Gasteiger partial charge < -0.3 is 53.5 Å². The van der Waals surface area contributed by atoms with Crippen LogP contribution in [0.5, 0.6) is 0 Å². The number of aromatic nitrogens is 4. The molecular weight excluding hydrogens is 1090 g/mol. The van der Waals surface area contributed by atoms with Gasteiger partial charge >= 0.3 is 29.6 Å². The highest BCUT2D eigenvalue weighted by Crippen LogP contribution is 2.39. The quantitative estimate of drug-likeness (QED) is 0.0757. The van der Waals surface area contributed by atoms with E-state index in [1.807, 2.05) is 0 Å². The number of nitrogens with zero attached hydrogens (tertiary/aromatic N) is 4. The number of anilines is 2. The average molecular weight is 1150 g/mol. The number of pyridine rings is 4. The smallest absolute Gasteiger partial charge is 0.412 e. The summed E-state index contributed by atoms with van der Waals surface area (Å²) in [4.78, 5) is 101. The predicted molar refractivity (Wildman–Crippen MR) is 278 cm³/mol. The molecule has 5 fully saturated rings. The van der Waals surface area contributed by atoms with Crippen molar-refractivity contribution >= 4 is 60.2 Å². The Bertz CT molecular complexity index is 3200. The molecule has 78 heavy (non-hydrogen) atoms. The van der Waals surface area contributed by atoms with Crippen molar-refractivity contribution in [3.05, 3.63) is 160 Å². The standard InChI is InChI=1S/C13H17FN2O3.C10H10FNO3.C9H8FNO3.C8H9FN2O.C7H6O4.C3H6FN.2ClH/c1-13(2,3)19-12(18)15-9-5-4-6-16(11(9)17)10-7-8(10)14;1-15-10(14)6-3-2-4-12(9(6)13)8-5-7(8)11;10-6-4-7(6)11-3-1-2-5(8(11)12)9(13)14;9-5-4-7(5)11-3-1-2-6(10)8(11)12;1-10-6(8)5-3-2-4-11-7(5)9;4-2-1-3(2)5;;/h4-6,8,10H,7H2,1-3H3,(H,15,18);2-4,7-8H,5H2,1H3;1-3,6-7H,4H2,(H,13,14);1-3,5,7H,4,10H2;2-4H,1H3;2-3H,1,5H2;2*1H/t8?,10-;7?,8-;6?,7-;5?,7-;;2?,3-;;/m1111.1../s1. The Balaban J connectivity index is 0.000000251. The number of alkyl halides is 5. The summed E-state index contributed by atoms with van der Waals surface area (Å²) in [5, 5.41) is 11.0. The van der Waals surface area contributed by atoms with Crippen LogP contribution in [0.25, 0.3) is 0 Å². The van der Waals surface area contributed by atoms with Crippen molar-refractivity contribution in [1.82, 2.24) is 18.3 Å². The van der Waals surface area contributed by atoms with Gasteiger partial charge in [-0.1, -0.05) is 0 Å². The van der Waals surface area contributed by atoms with Gasteiger partial charge in [0.25, 0.3) is 22.2 Å². The van der Waals surface area contributed by atoms with Gasteiger partial charge in [0.2, 0.25) is 0 Å². The number of hydrogen-bond donors (Lipinski definition) is 4. The van der Waals surface area contributed by atoms with Crippen LogP contribution in [0, 0.1) is 0 Å². The number of carboxylic acids is 1. The second kappa shape index (κ2) is 28.2. The fourth-order valence-electron chi connectivity index (χ4n) is 6.61. The summed E-state index contributed by atoms with van der Waals surface area (Å²) < 4.78 is 85.7. The summed E-state index contributed by atoms with van der Waals surface area (Å²) in [5.41, 5.74) is 7.03. The van der Waals surface area contributed by atoms with Crippen LogP contribution in [0.1, 0.15) is 108 Å². The maximum Gasteiger partial charge on any atom is 0.412 e. The number of halogens is 7. The molecule has 426 valence electrons. The van der Waals surface area contributed by atoms with Gasteiger partial charge in [0.05, 0.1) is 50.3 Å². The number of nitrogens with one attached hydrogen (secondary N) is 1. The Morgan fingerprint density at radius 1 is 0.590 bits per heavy atom. The number of hydrogen-bond acceptors (Lipinski definition) is 15. The number of nitrogens with two attached hydrogens (primary N) is 2.